The molecule has 164 valence electrons. The van der Waals surface area contributed by atoms with E-state index in [1.807, 2.05) is 0 Å². The van der Waals surface area contributed by atoms with Crippen molar-refractivity contribution in [3.8, 4) is 17.2 Å². The van der Waals surface area contributed by atoms with E-state index < -0.39 is 11.9 Å². The molecule has 0 aliphatic carbocycles. The van der Waals surface area contributed by atoms with Crippen LogP contribution in [0.15, 0.2) is 71.8 Å². The highest BCUT2D eigenvalue weighted by atomic mass is 35.5. The molecule has 0 atom stereocenters. The number of rotatable bonds is 8. The lowest BCUT2D eigenvalue weighted by molar-refractivity contribution is -0.123. The van der Waals surface area contributed by atoms with Crippen molar-refractivity contribution in [2.75, 3.05) is 13.7 Å². The van der Waals surface area contributed by atoms with Gasteiger partial charge in [-0.3, -0.25) is 4.79 Å². The van der Waals surface area contributed by atoms with E-state index >= 15 is 0 Å². The summed E-state index contributed by atoms with van der Waals surface area (Å²) in [6, 6.07) is 17.9. The molecule has 0 spiro atoms. The van der Waals surface area contributed by atoms with E-state index in [1.54, 1.807) is 67.8 Å². The number of amides is 1. The molecule has 0 bridgehead atoms. The number of hydrogen-bond donors (Lipinski definition) is 1. The molecular formula is C23H18Cl2N2O5. The predicted octanol–water partition coefficient (Wildman–Crippen LogP) is 4.75. The summed E-state index contributed by atoms with van der Waals surface area (Å²) < 4.78 is 15.7. The van der Waals surface area contributed by atoms with Crippen LogP contribution in [0.3, 0.4) is 0 Å². The average molecular weight is 473 g/mol. The zero-order chi connectivity index (χ0) is 22.9. The zero-order valence-electron chi connectivity index (χ0n) is 16.9. The highest BCUT2D eigenvalue weighted by Crippen LogP contribution is 2.27. The number of esters is 1. The van der Waals surface area contributed by atoms with Crippen LogP contribution in [0.4, 0.5) is 0 Å². The summed E-state index contributed by atoms with van der Waals surface area (Å²) in [5.41, 5.74) is 3.45. The van der Waals surface area contributed by atoms with Crippen LogP contribution in [-0.2, 0) is 4.79 Å². The van der Waals surface area contributed by atoms with Crippen LogP contribution in [0.25, 0.3) is 0 Å². The first-order valence-electron chi connectivity index (χ1n) is 9.30. The van der Waals surface area contributed by atoms with Crippen molar-refractivity contribution in [1.82, 2.24) is 5.43 Å². The molecule has 0 aliphatic heterocycles. The van der Waals surface area contributed by atoms with Crippen LogP contribution in [-0.4, -0.2) is 31.8 Å². The van der Waals surface area contributed by atoms with E-state index in [1.165, 1.54) is 12.3 Å². The summed E-state index contributed by atoms with van der Waals surface area (Å²) in [4.78, 5) is 24.0. The number of hydrazone groups is 1. The van der Waals surface area contributed by atoms with Gasteiger partial charge >= 0.3 is 5.97 Å². The molecule has 0 unspecified atom stereocenters. The van der Waals surface area contributed by atoms with E-state index in [2.05, 4.69) is 10.5 Å². The summed E-state index contributed by atoms with van der Waals surface area (Å²) in [5.74, 6) is 0.423. The molecule has 0 radical (unpaired) electrons. The number of carbonyl (C=O) groups excluding carboxylic acids is 2. The maximum absolute atomic E-state index is 12.2. The van der Waals surface area contributed by atoms with E-state index in [4.69, 9.17) is 37.4 Å². The van der Waals surface area contributed by atoms with Crippen molar-refractivity contribution in [3.63, 3.8) is 0 Å². The summed E-state index contributed by atoms with van der Waals surface area (Å²) in [6.07, 6.45) is 1.45. The van der Waals surface area contributed by atoms with E-state index in [0.717, 1.165) is 0 Å². The smallest absolute Gasteiger partial charge is 0.343 e. The minimum atomic E-state index is -0.484. The van der Waals surface area contributed by atoms with Crippen LogP contribution in [0.2, 0.25) is 10.0 Å². The lowest BCUT2D eigenvalue weighted by Crippen LogP contribution is -2.24. The fourth-order valence-electron chi connectivity index (χ4n) is 2.46. The topological polar surface area (TPSA) is 86.2 Å². The minimum Gasteiger partial charge on any atom is -0.497 e. The number of methoxy groups -OCH3 is 1. The molecule has 3 aromatic rings. The highest BCUT2D eigenvalue weighted by Gasteiger charge is 2.09. The molecule has 0 fully saturated rings. The quantitative estimate of drug-likeness (QED) is 0.221. The lowest BCUT2D eigenvalue weighted by atomic mass is 10.2. The van der Waals surface area contributed by atoms with Gasteiger partial charge in [0.2, 0.25) is 0 Å². The van der Waals surface area contributed by atoms with Gasteiger partial charge in [-0.15, -0.1) is 0 Å². The van der Waals surface area contributed by atoms with Gasteiger partial charge in [-0.2, -0.15) is 5.10 Å². The van der Waals surface area contributed by atoms with Crippen molar-refractivity contribution in [2.45, 2.75) is 0 Å². The Hall–Kier alpha value is -3.55. The monoisotopic (exact) mass is 472 g/mol. The van der Waals surface area contributed by atoms with Crippen molar-refractivity contribution >= 4 is 41.3 Å². The summed E-state index contributed by atoms with van der Waals surface area (Å²) in [6.45, 7) is -0.265. The van der Waals surface area contributed by atoms with Gasteiger partial charge in [-0.25, -0.2) is 10.2 Å². The molecule has 0 heterocycles. The number of halogens is 2. The zero-order valence-corrected chi connectivity index (χ0v) is 18.4. The van der Waals surface area contributed by atoms with Gasteiger partial charge in [0.1, 0.15) is 17.2 Å². The number of ether oxygens (including phenoxy) is 3. The number of nitrogens with zero attached hydrogens (tertiary/aromatic N) is 1. The molecule has 0 saturated carbocycles. The Morgan fingerprint density at radius 1 is 0.969 bits per heavy atom. The Morgan fingerprint density at radius 2 is 1.66 bits per heavy atom. The number of nitrogens with one attached hydrogen (secondary N) is 1. The fraction of sp³-hybridized carbons (Fsp3) is 0.0870. The van der Waals surface area contributed by atoms with Crippen molar-refractivity contribution < 1.29 is 23.8 Å². The van der Waals surface area contributed by atoms with Gasteiger partial charge in [0.25, 0.3) is 5.91 Å². The van der Waals surface area contributed by atoms with Crippen LogP contribution in [0, 0.1) is 0 Å². The van der Waals surface area contributed by atoms with Gasteiger partial charge in [0, 0.05) is 5.02 Å². The van der Waals surface area contributed by atoms with Crippen LogP contribution in [0.5, 0.6) is 17.2 Å². The summed E-state index contributed by atoms with van der Waals surface area (Å²) in [5, 5.41) is 4.64. The standard InChI is InChI=1S/C23H18Cl2N2O5/c1-30-18-9-4-16(5-10-18)23(29)32-19-7-2-15(3-8-19)13-26-27-22(28)14-31-21-11-6-17(24)12-20(21)25/h2-13H,14H2,1H3,(H,27,28)/b26-13+. The molecule has 0 aliphatic rings. The number of benzene rings is 3. The van der Waals surface area contributed by atoms with Gasteiger partial charge in [-0.1, -0.05) is 23.2 Å². The molecule has 3 rings (SSSR count). The Morgan fingerprint density at radius 3 is 2.31 bits per heavy atom. The van der Waals surface area contributed by atoms with Gasteiger partial charge in [0.15, 0.2) is 6.61 Å². The Kier molecular flexibility index (Phi) is 8.08. The fourth-order valence-corrected chi connectivity index (χ4v) is 2.92. The van der Waals surface area contributed by atoms with Gasteiger partial charge in [0.05, 0.1) is 23.9 Å². The second kappa shape index (κ2) is 11.2. The van der Waals surface area contributed by atoms with E-state index in [-0.39, 0.29) is 6.61 Å². The molecule has 7 nitrogen and oxygen atoms in total. The molecule has 0 aromatic heterocycles. The SMILES string of the molecule is COc1ccc(C(=O)Oc2ccc(/C=N/NC(=O)COc3ccc(Cl)cc3Cl)cc2)cc1. The Balaban J connectivity index is 1.47. The third-order valence-corrected chi connectivity index (χ3v) is 4.60. The molecule has 1 amide bonds. The molecular weight excluding hydrogens is 455 g/mol. The lowest BCUT2D eigenvalue weighted by Gasteiger charge is -2.07. The Labute approximate surface area is 194 Å². The van der Waals surface area contributed by atoms with E-state index in [9.17, 15) is 9.59 Å². The van der Waals surface area contributed by atoms with Gasteiger partial charge in [-0.05, 0) is 72.3 Å². The highest BCUT2D eigenvalue weighted by molar-refractivity contribution is 6.35. The van der Waals surface area contributed by atoms with Crippen molar-refractivity contribution in [2.24, 2.45) is 5.10 Å². The molecule has 0 saturated heterocycles. The van der Waals surface area contributed by atoms with Crippen molar-refractivity contribution in [3.05, 3.63) is 87.9 Å². The Bertz CT molecular complexity index is 1120. The molecule has 1 N–H and O–H groups in total. The first kappa shape index (κ1) is 23.1. The second-order valence-electron chi connectivity index (χ2n) is 6.34. The normalized spacial score (nSPS) is 10.6. The molecule has 9 heteroatoms. The third kappa shape index (κ3) is 6.73. The van der Waals surface area contributed by atoms with E-state index in [0.29, 0.717) is 38.4 Å². The summed E-state index contributed by atoms with van der Waals surface area (Å²) >= 11 is 11.8. The summed E-state index contributed by atoms with van der Waals surface area (Å²) in [7, 11) is 1.55. The maximum Gasteiger partial charge on any atom is 0.343 e. The van der Waals surface area contributed by atoms with Crippen LogP contribution < -0.4 is 19.6 Å². The van der Waals surface area contributed by atoms with Crippen LogP contribution >= 0.6 is 23.2 Å². The predicted molar refractivity (Wildman–Crippen MR) is 122 cm³/mol. The number of carbonyl (C=O) groups is 2. The first-order valence-corrected chi connectivity index (χ1v) is 10.1. The molecule has 3 aromatic carbocycles. The minimum absolute atomic E-state index is 0.265. The number of hydrogen-bond acceptors (Lipinski definition) is 6. The molecule has 32 heavy (non-hydrogen) atoms. The first-order chi connectivity index (χ1) is 15.4. The average Bonchev–Trinajstić information content (AvgIpc) is 2.79. The second-order valence-corrected chi connectivity index (χ2v) is 7.19. The third-order valence-electron chi connectivity index (χ3n) is 4.07. The van der Waals surface area contributed by atoms with Crippen molar-refractivity contribution in [1.29, 1.82) is 0 Å². The van der Waals surface area contributed by atoms with Crippen LogP contribution in [0.1, 0.15) is 15.9 Å². The largest absolute Gasteiger partial charge is 0.497 e. The van der Waals surface area contributed by atoms with Gasteiger partial charge < -0.3 is 14.2 Å². The maximum atomic E-state index is 12.2.